The fourth-order valence-corrected chi connectivity index (χ4v) is 3.79. The predicted octanol–water partition coefficient (Wildman–Crippen LogP) is 3.36. The number of carbonyl (C=O) groups excluding carboxylic acids is 2. The molecule has 6 nitrogen and oxygen atoms in total. The van der Waals surface area contributed by atoms with Gasteiger partial charge < -0.3 is 9.47 Å². The van der Waals surface area contributed by atoms with Gasteiger partial charge in [0.15, 0.2) is 11.5 Å². The molecule has 0 spiro atoms. The number of carbonyl (C=O) groups is 2. The Bertz CT molecular complexity index is 786. The lowest BCUT2D eigenvalue weighted by Crippen LogP contribution is -2.41. The minimum atomic E-state index is -0.430. The fourth-order valence-electron chi connectivity index (χ4n) is 2.54. The molecule has 1 aromatic heterocycles. The molecule has 0 saturated heterocycles. The number of hydrazine groups is 1. The van der Waals surface area contributed by atoms with Crippen molar-refractivity contribution in [3.63, 3.8) is 0 Å². The Hall–Kier alpha value is -2.54. The molecule has 2 N–H and O–H groups in total. The molecule has 0 bridgehead atoms. The van der Waals surface area contributed by atoms with Crippen LogP contribution in [0.1, 0.15) is 50.7 Å². The van der Waals surface area contributed by atoms with Crippen molar-refractivity contribution in [1.29, 1.82) is 0 Å². The molecule has 1 aromatic carbocycles. The summed E-state index contributed by atoms with van der Waals surface area (Å²) in [7, 11) is 3.02. The molecule has 0 fully saturated rings. The molecule has 0 saturated carbocycles. The first-order valence-electron chi connectivity index (χ1n) is 8.48. The topological polar surface area (TPSA) is 76.7 Å². The van der Waals surface area contributed by atoms with Gasteiger partial charge in [0.1, 0.15) is 0 Å². The number of thiophene rings is 1. The summed E-state index contributed by atoms with van der Waals surface area (Å²) >= 11 is 1.48. The van der Waals surface area contributed by atoms with Crippen molar-refractivity contribution in [2.75, 3.05) is 14.2 Å². The van der Waals surface area contributed by atoms with Crippen LogP contribution in [0.4, 0.5) is 0 Å². The van der Waals surface area contributed by atoms with Gasteiger partial charge in [-0.3, -0.25) is 20.4 Å². The van der Waals surface area contributed by atoms with E-state index >= 15 is 0 Å². The Balaban J connectivity index is 2.04. The molecule has 2 aromatic rings. The Kier molecular flexibility index (Phi) is 7.03. The fraction of sp³-hybridized carbons (Fsp3) is 0.368. The van der Waals surface area contributed by atoms with Gasteiger partial charge in [-0.2, -0.15) is 0 Å². The maximum absolute atomic E-state index is 12.3. The summed E-state index contributed by atoms with van der Waals surface area (Å²) in [5.74, 6) is 0.227. The summed E-state index contributed by atoms with van der Waals surface area (Å²) in [6.07, 6.45) is 2.88. The summed E-state index contributed by atoms with van der Waals surface area (Å²) in [6.45, 7) is 4.18. The van der Waals surface area contributed by atoms with Gasteiger partial charge in [0.05, 0.1) is 19.1 Å². The van der Waals surface area contributed by atoms with E-state index in [1.165, 1.54) is 36.0 Å². The average molecular weight is 376 g/mol. The number of amides is 2. The van der Waals surface area contributed by atoms with E-state index in [4.69, 9.17) is 9.47 Å². The van der Waals surface area contributed by atoms with Crippen LogP contribution in [0.25, 0.3) is 0 Å². The second-order valence-electron chi connectivity index (χ2n) is 5.64. The summed E-state index contributed by atoms with van der Waals surface area (Å²) in [5.41, 5.74) is 6.45. The van der Waals surface area contributed by atoms with Gasteiger partial charge >= 0.3 is 0 Å². The van der Waals surface area contributed by atoms with Crippen molar-refractivity contribution in [2.24, 2.45) is 0 Å². The van der Waals surface area contributed by atoms with Gasteiger partial charge in [0, 0.05) is 10.4 Å². The van der Waals surface area contributed by atoms with E-state index in [1.807, 2.05) is 6.07 Å². The first-order chi connectivity index (χ1) is 12.5. The van der Waals surface area contributed by atoms with Crippen LogP contribution in [0, 0.1) is 0 Å². The largest absolute Gasteiger partial charge is 0.493 e. The lowest BCUT2D eigenvalue weighted by Gasteiger charge is -2.10. The monoisotopic (exact) mass is 376 g/mol. The zero-order valence-electron chi connectivity index (χ0n) is 15.5. The number of hydrogen-bond donors (Lipinski definition) is 2. The van der Waals surface area contributed by atoms with E-state index in [0.29, 0.717) is 21.9 Å². The first-order valence-corrected chi connectivity index (χ1v) is 9.29. The van der Waals surface area contributed by atoms with Crippen molar-refractivity contribution >= 4 is 23.2 Å². The van der Waals surface area contributed by atoms with E-state index in [9.17, 15) is 9.59 Å². The van der Waals surface area contributed by atoms with Crippen molar-refractivity contribution in [3.05, 3.63) is 45.1 Å². The Labute approximate surface area is 157 Å². The van der Waals surface area contributed by atoms with E-state index < -0.39 is 5.91 Å². The average Bonchev–Trinajstić information content (AvgIpc) is 3.08. The zero-order valence-corrected chi connectivity index (χ0v) is 16.3. The molecule has 7 heteroatoms. The molecule has 1 heterocycles. The van der Waals surface area contributed by atoms with Crippen LogP contribution in [0.3, 0.4) is 0 Å². The summed E-state index contributed by atoms with van der Waals surface area (Å²) in [4.78, 5) is 26.4. The third kappa shape index (κ3) is 4.54. The quantitative estimate of drug-likeness (QED) is 0.727. The van der Waals surface area contributed by atoms with Crippen LogP contribution in [0.15, 0.2) is 24.3 Å². The van der Waals surface area contributed by atoms with Crippen LogP contribution in [-0.2, 0) is 12.8 Å². The highest BCUT2D eigenvalue weighted by Crippen LogP contribution is 2.27. The number of benzene rings is 1. The van der Waals surface area contributed by atoms with Crippen molar-refractivity contribution in [3.8, 4) is 11.5 Å². The maximum atomic E-state index is 12.3. The van der Waals surface area contributed by atoms with E-state index in [1.54, 1.807) is 18.2 Å². The first kappa shape index (κ1) is 19.8. The van der Waals surface area contributed by atoms with Crippen LogP contribution in [0.2, 0.25) is 0 Å². The van der Waals surface area contributed by atoms with Gasteiger partial charge in [-0.1, -0.05) is 20.3 Å². The number of rotatable bonds is 7. The molecule has 0 atom stereocenters. The van der Waals surface area contributed by atoms with E-state index in [2.05, 4.69) is 24.7 Å². The lowest BCUT2D eigenvalue weighted by molar-refractivity contribution is 0.0848. The molecule has 26 heavy (non-hydrogen) atoms. The normalized spacial score (nSPS) is 10.3. The van der Waals surface area contributed by atoms with Gasteiger partial charge in [-0.05, 0) is 42.7 Å². The smallest absolute Gasteiger partial charge is 0.279 e. The minimum Gasteiger partial charge on any atom is -0.493 e. The van der Waals surface area contributed by atoms with Crippen LogP contribution in [0.5, 0.6) is 11.5 Å². The van der Waals surface area contributed by atoms with Crippen molar-refractivity contribution < 1.29 is 19.1 Å². The van der Waals surface area contributed by atoms with Gasteiger partial charge in [-0.25, -0.2) is 0 Å². The molecule has 0 aliphatic carbocycles. The number of hydrogen-bond acceptors (Lipinski definition) is 5. The summed E-state index contributed by atoms with van der Waals surface area (Å²) < 4.78 is 10.3. The molecular formula is C19H24N2O4S. The van der Waals surface area contributed by atoms with E-state index in [0.717, 1.165) is 19.3 Å². The third-order valence-corrected chi connectivity index (χ3v) is 5.15. The lowest BCUT2D eigenvalue weighted by atomic mass is 10.1. The third-order valence-electron chi connectivity index (χ3n) is 3.91. The SMILES string of the molecule is CCCc1sc(C(=O)NNC(=O)c2ccc(OC)c(OC)c2)cc1CC. The molecule has 0 aliphatic rings. The summed E-state index contributed by atoms with van der Waals surface area (Å²) in [5, 5.41) is 0. The van der Waals surface area contributed by atoms with E-state index in [-0.39, 0.29) is 5.91 Å². The van der Waals surface area contributed by atoms with Gasteiger partial charge in [0.25, 0.3) is 11.8 Å². The Morgan fingerprint density at radius 3 is 2.31 bits per heavy atom. The van der Waals surface area contributed by atoms with Crippen molar-refractivity contribution in [2.45, 2.75) is 33.1 Å². The molecule has 0 aliphatic heterocycles. The Morgan fingerprint density at radius 1 is 1.00 bits per heavy atom. The zero-order chi connectivity index (χ0) is 19.1. The highest BCUT2D eigenvalue weighted by atomic mass is 32.1. The van der Waals surface area contributed by atoms with Crippen LogP contribution < -0.4 is 20.3 Å². The second-order valence-corrected chi connectivity index (χ2v) is 6.78. The Morgan fingerprint density at radius 2 is 1.69 bits per heavy atom. The highest BCUT2D eigenvalue weighted by molar-refractivity contribution is 7.14. The molecule has 2 rings (SSSR count). The molecule has 2 amide bonds. The summed E-state index contributed by atoms with van der Waals surface area (Å²) in [6, 6.07) is 6.69. The number of aryl methyl sites for hydroxylation is 2. The van der Waals surface area contributed by atoms with Crippen LogP contribution in [-0.4, -0.2) is 26.0 Å². The number of nitrogens with one attached hydrogen (secondary N) is 2. The molecule has 0 radical (unpaired) electrons. The molecular weight excluding hydrogens is 352 g/mol. The van der Waals surface area contributed by atoms with Gasteiger partial charge in [0.2, 0.25) is 0 Å². The van der Waals surface area contributed by atoms with Crippen molar-refractivity contribution in [1.82, 2.24) is 10.9 Å². The van der Waals surface area contributed by atoms with Crippen LogP contribution >= 0.6 is 11.3 Å². The second kappa shape index (κ2) is 9.24. The van der Waals surface area contributed by atoms with Gasteiger partial charge in [-0.15, -0.1) is 11.3 Å². The molecule has 140 valence electrons. The highest BCUT2D eigenvalue weighted by Gasteiger charge is 2.15. The minimum absolute atomic E-state index is 0.319. The molecule has 0 unspecified atom stereocenters. The standard InChI is InChI=1S/C19H24N2O4S/c1-5-7-16-12(6-2)11-17(26-16)19(23)21-20-18(22)13-8-9-14(24-3)15(10-13)25-4/h8-11H,5-7H2,1-4H3,(H,20,22)(H,21,23). The number of ether oxygens (including phenoxy) is 2. The predicted molar refractivity (Wildman–Crippen MR) is 102 cm³/mol. The maximum Gasteiger partial charge on any atom is 0.279 e. The number of methoxy groups -OCH3 is 2.